The maximum absolute atomic E-state index is 12.6. The van der Waals surface area contributed by atoms with E-state index in [-0.39, 0.29) is 11.7 Å². The lowest BCUT2D eigenvalue weighted by Crippen LogP contribution is -2.41. The van der Waals surface area contributed by atoms with Crippen molar-refractivity contribution in [2.45, 2.75) is 52.0 Å². The van der Waals surface area contributed by atoms with E-state index in [4.69, 9.17) is 0 Å². The molecule has 3 nitrogen and oxygen atoms in total. The molecule has 19 heavy (non-hydrogen) atoms. The van der Waals surface area contributed by atoms with E-state index in [0.29, 0.717) is 11.6 Å². The van der Waals surface area contributed by atoms with Gasteiger partial charge < -0.3 is 10.0 Å². The van der Waals surface area contributed by atoms with Gasteiger partial charge in [0.05, 0.1) is 0 Å². The van der Waals surface area contributed by atoms with Crippen molar-refractivity contribution in [2.24, 2.45) is 0 Å². The predicted molar refractivity (Wildman–Crippen MR) is 76.4 cm³/mol. The van der Waals surface area contributed by atoms with Gasteiger partial charge >= 0.3 is 0 Å². The van der Waals surface area contributed by atoms with Crippen LogP contribution < -0.4 is 0 Å². The molecule has 3 heteroatoms. The fraction of sp³-hybridized carbons (Fsp3) is 0.562. The molecule has 0 aromatic heterocycles. The Kier molecular flexibility index (Phi) is 4.46. The van der Waals surface area contributed by atoms with Crippen LogP contribution >= 0.6 is 0 Å². The number of phenols is 1. The SMILES string of the molecule is CCN(C(=O)c1ccc(C)c(O)c1)C1CCCCC1. The molecule has 0 saturated heterocycles. The number of benzene rings is 1. The second-order valence-corrected chi connectivity index (χ2v) is 5.38. The standard InChI is InChI=1S/C16H23NO2/c1-3-17(14-7-5-4-6-8-14)16(19)13-10-9-12(2)15(18)11-13/h9-11,14,18H,3-8H2,1-2H3. The van der Waals surface area contributed by atoms with Crippen LogP contribution in [0, 0.1) is 6.92 Å². The molecule has 1 aromatic rings. The highest BCUT2D eigenvalue weighted by atomic mass is 16.3. The molecule has 1 N–H and O–H groups in total. The minimum absolute atomic E-state index is 0.0460. The zero-order valence-electron chi connectivity index (χ0n) is 11.9. The zero-order chi connectivity index (χ0) is 13.8. The maximum Gasteiger partial charge on any atom is 0.254 e. The van der Waals surface area contributed by atoms with Crippen molar-refractivity contribution in [3.63, 3.8) is 0 Å². The number of nitrogens with zero attached hydrogens (tertiary/aromatic N) is 1. The molecule has 104 valence electrons. The summed E-state index contributed by atoms with van der Waals surface area (Å²) in [7, 11) is 0. The van der Waals surface area contributed by atoms with Gasteiger partial charge in [-0.15, -0.1) is 0 Å². The molecule has 1 aromatic carbocycles. The van der Waals surface area contributed by atoms with Gasteiger partial charge in [-0.3, -0.25) is 4.79 Å². The smallest absolute Gasteiger partial charge is 0.254 e. The average Bonchev–Trinajstić information content (AvgIpc) is 2.44. The number of carbonyl (C=O) groups is 1. The van der Waals surface area contributed by atoms with E-state index in [2.05, 4.69) is 0 Å². The topological polar surface area (TPSA) is 40.5 Å². The third-order valence-electron chi connectivity index (χ3n) is 4.07. The minimum Gasteiger partial charge on any atom is -0.508 e. The summed E-state index contributed by atoms with van der Waals surface area (Å²) in [4.78, 5) is 14.5. The van der Waals surface area contributed by atoms with Crippen LogP contribution in [-0.2, 0) is 0 Å². The summed E-state index contributed by atoms with van der Waals surface area (Å²) in [6.45, 7) is 4.60. The second-order valence-electron chi connectivity index (χ2n) is 5.38. The lowest BCUT2D eigenvalue weighted by Gasteiger charge is -2.33. The van der Waals surface area contributed by atoms with E-state index < -0.39 is 0 Å². The summed E-state index contributed by atoms with van der Waals surface area (Å²) in [6, 6.07) is 5.57. The first-order chi connectivity index (χ1) is 9.13. The van der Waals surface area contributed by atoms with Crippen LogP contribution in [0.2, 0.25) is 0 Å². The van der Waals surface area contributed by atoms with Gasteiger partial charge in [0.15, 0.2) is 0 Å². The number of amides is 1. The van der Waals surface area contributed by atoms with Crippen molar-refractivity contribution < 1.29 is 9.90 Å². The van der Waals surface area contributed by atoms with Crippen LogP contribution in [0.15, 0.2) is 18.2 Å². The Morgan fingerprint density at radius 2 is 2.00 bits per heavy atom. The van der Waals surface area contributed by atoms with Crippen molar-refractivity contribution in [2.75, 3.05) is 6.54 Å². The zero-order valence-corrected chi connectivity index (χ0v) is 11.9. The van der Waals surface area contributed by atoms with Gasteiger partial charge in [-0.2, -0.15) is 0 Å². The second kappa shape index (κ2) is 6.09. The molecule has 0 radical (unpaired) electrons. The van der Waals surface area contributed by atoms with E-state index >= 15 is 0 Å². The molecule has 1 amide bonds. The van der Waals surface area contributed by atoms with E-state index in [1.807, 2.05) is 24.8 Å². The van der Waals surface area contributed by atoms with Crippen molar-refractivity contribution in [3.05, 3.63) is 29.3 Å². The van der Waals surface area contributed by atoms with Gasteiger partial charge in [0.2, 0.25) is 0 Å². The lowest BCUT2D eigenvalue weighted by molar-refractivity contribution is 0.0647. The molecule has 0 aliphatic heterocycles. The number of hydrogen-bond donors (Lipinski definition) is 1. The molecule has 1 saturated carbocycles. The quantitative estimate of drug-likeness (QED) is 0.904. The van der Waals surface area contributed by atoms with E-state index in [1.165, 1.54) is 19.3 Å². The van der Waals surface area contributed by atoms with Crippen LogP contribution in [0.1, 0.15) is 54.9 Å². The Labute approximate surface area is 115 Å². The summed E-state index contributed by atoms with van der Waals surface area (Å²) in [5, 5.41) is 9.74. The Morgan fingerprint density at radius 3 is 2.58 bits per heavy atom. The van der Waals surface area contributed by atoms with Crippen molar-refractivity contribution >= 4 is 5.91 Å². The highest BCUT2D eigenvalue weighted by molar-refractivity contribution is 5.95. The monoisotopic (exact) mass is 261 g/mol. The highest BCUT2D eigenvalue weighted by Gasteiger charge is 2.25. The molecule has 2 rings (SSSR count). The Bertz CT molecular complexity index is 450. The fourth-order valence-electron chi connectivity index (χ4n) is 2.87. The molecule has 0 bridgehead atoms. The first-order valence-electron chi connectivity index (χ1n) is 7.24. The van der Waals surface area contributed by atoms with Crippen LogP contribution in [0.5, 0.6) is 5.75 Å². The first-order valence-corrected chi connectivity index (χ1v) is 7.24. The highest BCUT2D eigenvalue weighted by Crippen LogP contribution is 2.25. The van der Waals surface area contributed by atoms with E-state index in [1.54, 1.807) is 12.1 Å². The summed E-state index contributed by atoms with van der Waals surface area (Å²) in [5.41, 5.74) is 1.40. The van der Waals surface area contributed by atoms with Gasteiger partial charge in [0.1, 0.15) is 5.75 Å². The Balaban J connectivity index is 2.17. The normalized spacial score (nSPS) is 16.3. The van der Waals surface area contributed by atoms with Gasteiger partial charge in [-0.25, -0.2) is 0 Å². The maximum atomic E-state index is 12.6. The lowest BCUT2D eigenvalue weighted by atomic mass is 9.93. The Morgan fingerprint density at radius 1 is 1.32 bits per heavy atom. The number of rotatable bonds is 3. The number of aryl methyl sites for hydroxylation is 1. The molecule has 0 atom stereocenters. The van der Waals surface area contributed by atoms with E-state index in [0.717, 1.165) is 24.9 Å². The largest absolute Gasteiger partial charge is 0.508 e. The van der Waals surface area contributed by atoms with Crippen molar-refractivity contribution in [3.8, 4) is 5.75 Å². The van der Waals surface area contributed by atoms with Crippen LogP contribution in [-0.4, -0.2) is 28.5 Å². The third-order valence-corrected chi connectivity index (χ3v) is 4.07. The number of carbonyl (C=O) groups excluding carboxylic acids is 1. The van der Waals surface area contributed by atoms with Gasteiger partial charge in [0, 0.05) is 18.2 Å². The fourth-order valence-corrected chi connectivity index (χ4v) is 2.87. The van der Waals surface area contributed by atoms with Crippen LogP contribution in [0.3, 0.4) is 0 Å². The van der Waals surface area contributed by atoms with Crippen LogP contribution in [0.25, 0.3) is 0 Å². The molecule has 1 fully saturated rings. The van der Waals surface area contributed by atoms with Gasteiger partial charge in [0.25, 0.3) is 5.91 Å². The molecular formula is C16H23NO2. The molecule has 0 spiro atoms. The number of aromatic hydroxyl groups is 1. The average molecular weight is 261 g/mol. The molecule has 0 heterocycles. The van der Waals surface area contributed by atoms with Crippen molar-refractivity contribution in [1.82, 2.24) is 4.90 Å². The van der Waals surface area contributed by atoms with Crippen molar-refractivity contribution in [1.29, 1.82) is 0 Å². The first kappa shape index (κ1) is 13.9. The third kappa shape index (κ3) is 3.09. The Hall–Kier alpha value is -1.51. The number of phenolic OH excluding ortho intramolecular Hbond substituents is 1. The molecular weight excluding hydrogens is 238 g/mol. The molecule has 1 aliphatic carbocycles. The number of hydrogen-bond acceptors (Lipinski definition) is 2. The summed E-state index contributed by atoms with van der Waals surface area (Å²) in [5.74, 6) is 0.246. The molecule has 0 unspecified atom stereocenters. The summed E-state index contributed by atoms with van der Waals surface area (Å²) in [6.07, 6.45) is 5.93. The predicted octanol–water partition coefficient (Wildman–Crippen LogP) is 3.50. The minimum atomic E-state index is 0.0460. The van der Waals surface area contributed by atoms with Gasteiger partial charge in [-0.05, 0) is 44.4 Å². The van der Waals surface area contributed by atoms with E-state index in [9.17, 15) is 9.90 Å². The van der Waals surface area contributed by atoms with Crippen LogP contribution in [0.4, 0.5) is 0 Å². The van der Waals surface area contributed by atoms with Gasteiger partial charge in [-0.1, -0.05) is 25.3 Å². The summed E-state index contributed by atoms with van der Waals surface area (Å²) < 4.78 is 0. The molecule has 1 aliphatic rings. The summed E-state index contributed by atoms with van der Waals surface area (Å²) >= 11 is 0.